The molecule has 24 heavy (non-hydrogen) atoms. The number of rotatable bonds is 8. The summed E-state index contributed by atoms with van der Waals surface area (Å²) in [4.78, 5) is 20.8. The largest absolute Gasteiger partial charge is 0.365 e. The summed E-state index contributed by atoms with van der Waals surface area (Å²) in [5.74, 6) is 1.38. The lowest BCUT2D eigenvalue weighted by atomic mass is 10.2. The molecule has 0 spiro atoms. The maximum absolute atomic E-state index is 4.62. The highest BCUT2D eigenvalue weighted by atomic mass is 15.2. The van der Waals surface area contributed by atoms with E-state index in [2.05, 4.69) is 49.4 Å². The molecule has 3 aromatic heterocycles. The molecule has 0 fully saturated rings. The molecule has 0 radical (unpaired) electrons. The van der Waals surface area contributed by atoms with Crippen LogP contribution in [-0.2, 0) is 13.5 Å². The fraction of sp³-hybridized carbons (Fsp3) is 0.500. The monoisotopic (exact) mass is 328 g/mol. The lowest BCUT2D eigenvalue weighted by molar-refractivity contribution is 0.669. The van der Waals surface area contributed by atoms with Crippen molar-refractivity contribution in [1.29, 1.82) is 0 Å². The molecule has 128 valence electrons. The molecule has 0 aliphatic carbocycles. The third-order valence-corrected chi connectivity index (χ3v) is 4.03. The number of aromatic amines is 1. The predicted octanol–water partition coefficient (Wildman–Crippen LogP) is 2.34. The van der Waals surface area contributed by atoms with Gasteiger partial charge in [0.25, 0.3) is 0 Å². The zero-order chi connectivity index (χ0) is 16.9. The van der Waals surface area contributed by atoms with E-state index < -0.39 is 0 Å². The maximum Gasteiger partial charge on any atom is 0.226 e. The number of hydrogen-bond acceptors (Lipinski definition) is 6. The van der Waals surface area contributed by atoms with Crippen molar-refractivity contribution >= 4 is 22.9 Å². The van der Waals surface area contributed by atoms with Crippen LogP contribution in [-0.4, -0.2) is 42.1 Å². The van der Waals surface area contributed by atoms with Gasteiger partial charge in [0, 0.05) is 32.3 Å². The van der Waals surface area contributed by atoms with Crippen LogP contribution >= 0.6 is 0 Å². The Bertz CT molecular complexity index is 786. The average molecular weight is 328 g/mol. The van der Waals surface area contributed by atoms with Crippen LogP contribution in [0.4, 0.5) is 11.8 Å². The van der Waals surface area contributed by atoms with E-state index in [1.807, 2.05) is 17.8 Å². The summed E-state index contributed by atoms with van der Waals surface area (Å²) in [6.45, 7) is 5.05. The standard InChI is InChI=1S/C16H24N8/c1-4-11(5-2)21-15-13-14(19-9-18-13)22-16(23-15)17-7-6-12-8-24(3)10-20-12/h8-11H,4-7H2,1-3H3,(H3,17,18,19,21,22,23). The van der Waals surface area contributed by atoms with Gasteiger partial charge in [-0.2, -0.15) is 9.97 Å². The predicted molar refractivity (Wildman–Crippen MR) is 95.1 cm³/mol. The number of nitrogens with zero attached hydrogens (tertiary/aromatic N) is 5. The Morgan fingerprint density at radius 3 is 2.75 bits per heavy atom. The van der Waals surface area contributed by atoms with Crippen molar-refractivity contribution < 1.29 is 0 Å². The summed E-state index contributed by atoms with van der Waals surface area (Å²) in [6, 6.07) is 0.382. The van der Waals surface area contributed by atoms with Crippen LogP contribution in [0, 0.1) is 0 Å². The van der Waals surface area contributed by atoms with Crippen molar-refractivity contribution in [2.24, 2.45) is 7.05 Å². The van der Waals surface area contributed by atoms with Gasteiger partial charge in [0.1, 0.15) is 5.52 Å². The van der Waals surface area contributed by atoms with Crippen LogP contribution in [0.15, 0.2) is 18.9 Å². The van der Waals surface area contributed by atoms with Gasteiger partial charge in [-0.1, -0.05) is 13.8 Å². The molecule has 0 bridgehead atoms. The number of aromatic nitrogens is 6. The Hall–Kier alpha value is -2.64. The van der Waals surface area contributed by atoms with Crippen LogP contribution in [0.25, 0.3) is 11.2 Å². The number of nitrogens with one attached hydrogen (secondary N) is 3. The molecular formula is C16H24N8. The summed E-state index contributed by atoms with van der Waals surface area (Å²) >= 11 is 0. The smallest absolute Gasteiger partial charge is 0.226 e. The molecule has 0 saturated carbocycles. The fourth-order valence-corrected chi connectivity index (χ4v) is 2.60. The zero-order valence-electron chi connectivity index (χ0n) is 14.4. The lowest BCUT2D eigenvalue weighted by Crippen LogP contribution is -2.19. The van der Waals surface area contributed by atoms with Crippen LogP contribution in [0.2, 0.25) is 0 Å². The molecule has 0 aliphatic heterocycles. The number of aryl methyl sites for hydroxylation is 1. The highest BCUT2D eigenvalue weighted by Crippen LogP contribution is 2.20. The number of hydrogen-bond donors (Lipinski definition) is 3. The first kappa shape index (κ1) is 16.2. The molecule has 3 N–H and O–H groups in total. The number of fused-ring (bicyclic) bond motifs is 1. The molecule has 0 saturated heterocycles. The quantitative estimate of drug-likeness (QED) is 0.587. The second-order valence-corrected chi connectivity index (χ2v) is 5.86. The first-order chi connectivity index (χ1) is 11.7. The second-order valence-electron chi connectivity index (χ2n) is 5.86. The third kappa shape index (κ3) is 3.64. The van der Waals surface area contributed by atoms with Crippen LogP contribution in [0.5, 0.6) is 0 Å². The van der Waals surface area contributed by atoms with Gasteiger partial charge < -0.3 is 20.2 Å². The fourth-order valence-electron chi connectivity index (χ4n) is 2.60. The lowest BCUT2D eigenvalue weighted by Gasteiger charge is -2.16. The van der Waals surface area contributed by atoms with E-state index >= 15 is 0 Å². The van der Waals surface area contributed by atoms with Crippen LogP contribution in [0.3, 0.4) is 0 Å². The summed E-state index contributed by atoms with van der Waals surface area (Å²) in [5.41, 5.74) is 2.55. The van der Waals surface area contributed by atoms with Gasteiger partial charge in [-0.15, -0.1) is 0 Å². The highest BCUT2D eigenvalue weighted by Gasteiger charge is 2.12. The van der Waals surface area contributed by atoms with E-state index in [0.717, 1.165) is 42.8 Å². The molecule has 3 aromatic rings. The number of imidazole rings is 2. The second kappa shape index (κ2) is 7.29. The molecule has 0 aliphatic rings. The first-order valence-electron chi connectivity index (χ1n) is 8.38. The average Bonchev–Trinajstić information content (AvgIpc) is 3.21. The van der Waals surface area contributed by atoms with Crippen LogP contribution in [0.1, 0.15) is 32.4 Å². The summed E-state index contributed by atoms with van der Waals surface area (Å²) in [5, 5.41) is 6.75. The van der Waals surface area contributed by atoms with E-state index in [1.165, 1.54) is 0 Å². The normalized spacial score (nSPS) is 11.3. The van der Waals surface area contributed by atoms with Gasteiger partial charge in [0.2, 0.25) is 5.95 Å². The van der Waals surface area contributed by atoms with E-state index in [1.54, 1.807) is 12.7 Å². The molecule has 8 heteroatoms. The van der Waals surface area contributed by atoms with Crippen molar-refractivity contribution in [2.75, 3.05) is 17.2 Å². The number of H-pyrrole nitrogens is 1. The third-order valence-electron chi connectivity index (χ3n) is 4.03. The Balaban J connectivity index is 1.73. The highest BCUT2D eigenvalue weighted by molar-refractivity contribution is 5.83. The van der Waals surface area contributed by atoms with Crippen molar-refractivity contribution in [3.05, 3.63) is 24.5 Å². The molecular weight excluding hydrogens is 304 g/mol. The minimum atomic E-state index is 0.382. The SMILES string of the molecule is CCC(CC)Nc1nc(NCCc2cn(C)cn2)nc2nc[nH]c12. The Kier molecular flexibility index (Phi) is 4.93. The maximum atomic E-state index is 4.62. The van der Waals surface area contributed by atoms with E-state index in [4.69, 9.17) is 0 Å². The number of anilines is 2. The van der Waals surface area contributed by atoms with Gasteiger partial charge in [0.05, 0.1) is 18.3 Å². The molecule has 3 rings (SSSR count). The van der Waals surface area contributed by atoms with Gasteiger partial charge in [-0.25, -0.2) is 9.97 Å². The summed E-state index contributed by atoms with van der Waals surface area (Å²) in [7, 11) is 1.97. The van der Waals surface area contributed by atoms with Crippen LogP contribution < -0.4 is 10.6 Å². The summed E-state index contributed by atoms with van der Waals surface area (Å²) < 4.78 is 1.94. The van der Waals surface area contributed by atoms with Gasteiger partial charge in [-0.3, -0.25) is 0 Å². The zero-order valence-corrected chi connectivity index (χ0v) is 14.4. The first-order valence-corrected chi connectivity index (χ1v) is 8.38. The molecule has 0 unspecified atom stereocenters. The van der Waals surface area contributed by atoms with Gasteiger partial charge >= 0.3 is 0 Å². The van der Waals surface area contributed by atoms with Crippen molar-refractivity contribution in [1.82, 2.24) is 29.5 Å². The minimum Gasteiger partial charge on any atom is -0.365 e. The Labute approximate surface area is 141 Å². The molecule has 8 nitrogen and oxygen atoms in total. The molecule has 0 aromatic carbocycles. The van der Waals surface area contributed by atoms with Crippen molar-refractivity contribution in [2.45, 2.75) is 39.2 Å². The molecule has 0 amide bonds. The molecule has 0 atom stereocenters. The van der Waals surface area contributed by atoms with E-state index in [0.29, 0.717) is 17.6 Å². The topological polar surface area (TPSA) is 96.3 Å². The van der Waals surface area contributed by atoms with E-state index in [9.17, 15) is 0 Å². The van der Waals surface area contributed by atoms with Gasteiger partial charge in [0.15, 0.2) is 11.5 Å². The van der Waals surface area contributed by atoms with Crippen molar-refractivity contribution in [3.8, 4) is 0 Å². The van der Waals surface area contributed by atoms with Crippen molar-refractivity contribution in [3.63, 3.8) is 0 Å². The molecule has 3 heterocycles. The van der Waals surface area contributed by atoms with Gasteiger partial charge in [-0.05, 0) is 12.8 Å². The Morgan fingerprint density at radius 2 is 2.04 bits per heavy atom. The Morgan fingerprint density at radius 1 is 1.21 bits per heavy atom. The van der Waals surface area contributed by atoms with E-state index in [-0.39, 0.29) is 0 Å². The minimum absolute atomic E-state index is 0.382. The summed E-state index contributed by atoms with van der Waals surface area (Å²) in [6.07, 6.45) is 8.36.